The SMILES string of the molecule is COc1ccc2c(Nc3ccc(Cc4ccncc4)cc3)nc(C(F)(F)F)nc2c1. The third-order valence-electron chi connectivity index (χ3n) is 4.53. The number of rotatable bonds is 5. The fraction of sp³-hybridized carbons (Fsp3) is 0.136. The lowest BCUT2D eigenvalue weighted by Crippen LogP contribution is -2.12. The van der Waals surface area contributed by atoms with Crippen LogP contribution in [-0.2, 0) is 12.6 Å². The van der Waals surface area contributed by atoms with Gasteiger partial charge in [0.1, 0.15) is 11.6 Å². The van der Waals surface area contributed by atoms with Gasteiger partial charge in [-0.3, -0.25) is 4.98 Å². The van der Waals surface area contributed by atoms with Gasteiger partial charge in [0.2, 0.25) is 5.82 Å². The molecule has 4 rings (SSSR count). The maximum atomic E-state index is 13.3. The van der Waals surface area contributed by atoms with Crippen molar-refractivity contribution in [3.8, 4) is 5.75 Å². The van der Waals surface area contributed by atoms with Crippen molar-refractivity contribution in [1.29, 1.82) is 0 Å². The van der Waals surface area contributed by atoms with E-state index < -0.39 is 12.0 Å². The molecule has 152 valence electrons. The normalized spacial score (nSPS) is 11.5. The molecule has 0 unspecified atom stereocenters. The van der Waals surface area contributed by atoms with Gasteiger partial charge in [-0.2, -0.15) is 13.2 Å². The van der Waals surface area contributed by atoms with E-state index in [2.05, 4.69) is 20.3 Å². The third-order valence-corrected chi connectivity index (χ3v) is 4.53. The van der Waals surface area contributed by atoms with Gasteiger partial charge < -0.3 is 10.1 Å². The van der Waals surface area contributed by atoms with Crippen LogP contribution in [0.1, 0.15) is 17.0 Å². The Morgan fingerprint density at radius 2 is 1.60 bits per heavy atom. The molecular weight excluding hydrogens is 393 g/mol. The van der Waals surface area contributed by atoms with Crippen molar-refractivity contribution in [2.75, 3.05) is 12.4 Å². The molecule has 2 heterocycles. The molecule has 0 aliphatic heterocycles. The minimum atomic E-state index is -4.66. The molecule has 0 atom stereocenters. The molecule has 0 saturated heterocycles. The number of alkyl halides is 3. The number of pyridine rings is 1. The molecule has 5 nitrogen and oxygen atoms in total. The first-order chi connectivity index (χ1) is 14.4. The van der Waals surface area contributed by atoms with Crippen LogP contribution in [0.5, 0.6) is 5.75 Å². The van der Waals surface area contributed by atoms with Crippen molar-refractivity contribution < 1.29 is 17.9 Å². The van der Waals surface area contributed by atoms with E-state index in [0.717, 1.165) is 17.5 Å². The highest BCUT2D eigenvalue weighted by molar-refractivity contribution is 5.91. The Morgan fingerprint density at radius 3 is 2.27 bits per heavy atom. The Balaban J connectivity index is 1.65. The standard InChI is InChI=1S/C22H17F3N4O/c1-30-17-6-7-18-19(13-17)28-21(22(23,24)25)29-20(18)27-16-4-2-14(3-5-16)12-15-8-10-26-11-9-15/h2-11,13H,12H2,1H3,(H,27,28,29). The van der Waals surface area contributed by atoms with E-state index >= 15 is 0 Å². The van der Waals surface area contributed by atoms with E-state index in [-0.39, 0.29) is 11.3 Å². The molecule has 0 spiro atoms. The number of hydrogen-bond donors (Lipinski definition) is 1. The highest BCUT2D eigenvalue weighted by Gasteiger charge is 2.35. The number of halogens is 3. The Kier molecular flexibility index (Phi) is 5.22. The topological polar surface area (TPSA) is 59.9 Å². The molecule has 0 radical (unpaired) electrons. The molecule has 2 aromatic heterocycles. The molecule has 4 aromatic rings. The molecule has 2 aromatic carbocycles. The molecule has 30 heavy (non-hydrogen) atoms. The van der Waals surface area contributed by atoms with Gasteiger partial charge in [0.05, 0.1) is 12.6 Å². The maximum Gasteiger partial charge on any atom is 0.451 e. The number of nitrogens with zero attached hydrogens (tertiary/aromatic N) is 3. The summed E-state index contributed by atoms with van der Waals surface area (Å²) in [5, 5.41) is 3.45. The van der Waals surface area contributed by atoms with Crippen LogP contribution in [0.2, 0.25) is 0 Å². The molecule has 8 heteroatoms. The van der Waals surface area contributed by atoms with E-state index in [1.54, 1.807) is 36.7 Å². The van der Waals surface area contributed by atoms with E-state index in [0.29, 0.717) is 16.8 Å². The monoisotopic (exact) mass is 410 g/mol. The lowest BCUT2D eigenvalue weighted by Gasteiger charge is -2.13. The fourth-order valence-electron chi connectivity index (χ4n) is 3.04. The van der Waals surface area contributed by atoms with E-state index in [1.165, 1.54) is 13.2 Å². The number of methoxy groups -OCH3 is 1. The zero-order valence-electron chi connectivity index (χ0n) is 15.9. The van der Waals surface area contributed by atoms with Crippen LogP contribution in [0.15, 0.2) is 67.0 Å². The van der Waals surface area contributed by atoms with E-state index in [1.807, 2.05) is 24.3 Å². The maximum absolute atomic E-state index is 13.3. The molecule has 0 bridgehead atoms. The lowest BCUT2D eigenvalue weighted by atomic mass is 10.1. The Labute approximate surface area is 170 Å². The molecule has 0 fully saturated rings. The van der Waals surface area contributed by atoms with Crippen LogP contribution in [0.25, 0.3) is 10.9 Å². The number of ether oxygens (including phenoxy) is 1. The van der Waals surface area contributed by atoms with Crippen LogP contribution >= 0.6 is 0 Å². The van der Waals surface area contributed by atoms with Crippen molar-refractivity contribution in [1.82, 2.24) is 15.0 Å². The summed E-state index contributed by atoms with van der Waals surface area (Å²) in [6.45, 7) is 0. The third kappa shape index (κ3) is 4.32. The summed E-state index contributed by atoms with van der Waals surface area (Å²) in [7, 11) is 1.44. The first kappa shape index (κ1) is 19.6. The van der Waals surface area contributed by atoms with Gasteiger partial charge in [0.15, 0.2) is 0 Å². The lowest BCUT2D eigenvalue weighted by molar-refractivity contribution is -0.144. The van der Waals surface area contributed by atoms with Gasteiger partial charge in [-0.1, -0.05) is 12.1 Å². The second-order valence-corrected chi connectivity index (χ2v) is 6.63. The summed E-state index contributed by atoms with van der Waals surface area (Å²) < 4.78 is 45.0. The number of nitrogens with one attached hydrogen (secondary N) is 1. The van der Waals surface area contributed by atoms with Gasteiger partial charge >= 0.3 is 6.18 Å². The first-order valence-electron chi connectivity index (χ1n) is 9.10. The van der Waals surface area contributed by atoms with Crippen LogP contribution in [0.3, 0.4) is 0 Å². The molecule has 1 N–H and O–H groups in total. The number of hydrogen-bond acceptors (Lipinski definition) is 5. The van der Waals surface area contributed by atoms with Gasteiger partial charge in [-0.25, -0.2) is 9.97 Å². The molecular formula is C22H17F3N4O. The van der Waals surface area contributed by atoms with Gasteiger partial charge in [0, 0.05) is 29.5 Å². The molecule has 0 aliphatic carbocycles. The van der Waals surface area contributed by atoms with Crippen molar-refractivity contribution in [2.45, 2.75) is 12.6 Å². The Hall–Kier alpha value is -3.68. The van der Waals surface area contributed by atoms with Crippen LogP contribution in [-0.4, -0.2) is 22.1 Å². The predicted molar refractivity (Wildman–Crippen MR) is 108 cm³/mol. The Bertz CT molecular complexity index is 1160. The van der Waals surface area contributed by atoms with Crippen molar-refractivity contribution in [2.24, 2.45) is 0 Å². The van der Waals surface area contributed by atoms with Crippen molar-refractivity contribution in [3.63, 3.8) is 0 Å². The Morgan fingerprint density at radius 1 is 0.900 bits per heavy atom. The van der Waals surface area contributed by atoms with Crippen molar-refractivity contribution >= 4 is 22.4 Å². The van der Waals surface area contributed by atoms with Crippen LogP contribution in [0.4, 0.5) is 24.7 Å². The minimum Gasteiger partial charge on any atom is -0.497 e. The summed E-state index contributed by atoms with van der Waals surface area (Å²) in [5.41, 5.74) is 2.96. The summed E-state index contributed by atoms with van der Waals surface area (Å²) >= 11 is 0. The second-order valence-electron chi connectivity index (χ2n) is 6.63. The second kappa shape index (κ2) is 7.98. The minimum absolute atomic E-state index is 0.0804. The van der Waals surface area contributed by atoms with Gasteiger partial charge in [0.25, 0.3) is 0 Å². The number of benzene rings is 2. The number of aromatic nitrogens is 3. The van der Waals surface area contributed by atoms with E-state index in [4.69, 9.17) is 4.74 Å². The first-order valence-corrected chi connectivity index (χ1v) is 9.10. The average Bonchev–Trinajstić information content (AvgIpc) is 2.74. The highest BCUT2D eigenvalue weighted by atomic mass is 19.4. The summed E-state index contributed by atoms with van der Waals surface area (Å²) in [6, 6.07) is 16.1. The van der Waals surface area contributed by atoms with Crippen LogP contribution < -0.4 is 10.1 Å². The quantitative estimate of drug-likeness (QED) is 0.478. The summed E-state index contributed by atoms with van der Waals surface area (Å²) in [4.78, 5) is 11.4. The van der Waals surface area contributed by atoms with Crippen LogP contribution in [0, 0.1) is 0 Å². The van der Waals surface area contributed by atoms with Gasteiger partial charge in [-0.15, -0.1) is 0 Å². The van der Waals surface area contributed by atoms with Crippen molar-refractivity contribution in [3.05, 3.63) is 83.9 Å². The molecule has 0 amide bonds. The zero-order valence-corrected chi connectivity index (χ0v) is 15.9. The number of anilines is 2. The summed E-state index contributed by atoms with van der Waals surface area (Å²) in [6.07, 6.45) is -0.462. The van der Waals surface area contributed by atoms with E-state index in [9.17, 15) is 13.2 Å². The highest BCUT2D eigenvalue weighted by Crippen LogP contribution is 2.33. The largest absolute Gasteiger partial charge is 0.497 e. The van der Waals surface area contributed by atoms with Gasteiger partial charge in [-0.05, 0) is 53.9 Å². The predicted octanol–water partition coefficient (Wildman–Crippen LogP) is 5.39. The molecule has 0 aliphatic rings. The number of fused-ring (bicyclic) bond motifs is 1. The fourth-order valence-corrected chi connectivity index (χ4v) is 3.04. The average molecular weight is 410 g/mol. The summed E-state index contributed by atoms with van der Waals surface area (Å²) in [5.74, 6) is -0.710. The zero-order chi connectivity index (χ0) is 21.1. The molecule has 0 saturated carbocycles. The smallest absolute Gasteiger partial charge is 0.451 e.